The molecule has 0 aliphatic heterocycles. The maximum atomic E-state index is 3.80. The fraction of sp³-hybridized carbons (Fsp3) is 0.750. The lowest BCUT2D eigenvalue weighted by Crippen LogP contribution is -1.73. The topological polar surface area (TPSA) is 0 Å². The molecule has 0 atom stereocenters. The van der Waals surface area contributed by atoms with E-state index in [0.717, 1.165) is 19.3 Å². The summed E-state index contributed by atoms with van der Waals surface area (Å²) in [4.78, 5) is 0. The van der Waals surface area contributed by atoms with Crippen molar-refractivity contribution in [3.05, 3.63) is 6.92 Å². The maximum absolute atomic E-state index is 3.80. The predicted octanol–water partition coefficient (Wildman–Crippen LogP) is 3.96. The van der Waals surface area contributed by atoms with Crippen molar-refractivity contribution in [2.75, 3.05) is 0 Å². The summed E-state index contributed by atoms with van der Waals surface area (Å²) < 4.78 is 0. The molecule has 0 fully saturated rings. The molecule has 0 aromatic carbocycles. The summed E-state index contributed by atoms with van der Waals surface area (Å²) in [5.74, 6) is 6.41. The van der Waals surface area contributed by atoms with E-state index < -0.39 is 0 Å². The largest absolute Gasteiger partial charge is 0.103 e. The zero-order chi connectivity index (χ0) is 9.07. The van der Waals surface area contributed by atoms with Gasteiger partial charge in [0, 0.05) is 12.8 Å². The van der Waals surface area contributed by atoms with Gasteiger partial charge in [-0.2, -0.15) is 0 Å². The van der Waals surface area contributed by atoms with E-state index in [2.05, 4.69) is 25.7 Å². The van der Waals surface area contributed by atoms with Gasteiger partial charge in [-0.05, 0) is 12.8 Å². The molecule has 0 heterocycles. The fourth-order valence-electron chi connectivity index (χ4n) is 1.03. The summed E-state index contributed by atoms with van der Waals surface area (Å²) in [6.45, 7) is 6.02. The van der Waals surface area contributed by atoms with Crippen LogP contribution in [0.15, 0.2) is 0 Å². The normalized spacial score (nSPS) is 9.17. The Bertz CT molecular complexity index is 111. The second kappa shape index (κ2) is 10.6. The van der Waals surface area contributed by atoms with E-state index >= 15 is 0 Å². The van der Waals surface area contributed by atoms with E-state index in [9.17, 15) is 0 Å². The van der Waals surface area contributed by atoms with E-state index in [1.54, 1.807) is 0 Å². The summed E-state index contributed by atoms with van der Waals surface area (Å²) in [5.41, 5.74) is 0. The Kier molecular flexibility index (Phi) is 10.2. The zero-order valence-electron chi connectivity index (χ0n) is 8.36. The van der Waals surface area contributed by atoms with Gasteiger partial charge in [0.15, 0.2) is 0 Å². The van der Waals surface area contributed by atoms with Crippen LogP contribution in [0.25, 0.3) is 0 Å². The molecule has 1 radical (unpaired) electrons. The fourth-order valence-corrected chi connectivity index (χ4v) is 1.03. The molecule has 12 heavy (non-hydrogen) atoms. The van der Waals surface area contributed by atoms with Crippen LogP contribution in [0.5, 0.6) is 0 Å². The molecular weight excluding hydrogens is 144 g/mol. The third-order valence-corrected chi connectivity index (χ3v) is 1.83. The summed E-state index contributed by atoms with van der Waals surface area (Å²) in [6.07, 6.45) is 9.57. The van der Waals surface area contributed by atoms with Gasteiger partial charge in [0.2, 0.25) is 0 Å². The summed E-state index contributed by atoms with van der Waals surface area (Å²) in [5, 5.41) is 0. The van der Waals surface area contributed by atoms with Crippen molar-refractivity contribution in [2.45, 2.75) is 58.3 Å². The van der Waals surface area contributed by atoms with Crippen molar-refractivity contribution in [3.8, 4) is 11.8 Å². The van der Waals surface area contributed by atoms with E-state index in [1.807, 2.05) is 0 Å². The molecule has 0 aromatic rings. The first-order valence-electron chi connectivity index (χ1n) is 5.16. The summed E-state index contributed by atoms with van der Waals surface area (Å²) >= 11 is 0. The Balaban J connectivity index is 3.01. The molecule has 0 aromatic heterocycles. The molecule has 0 heteroatoms. The quantitative estimate of drug-likeness (QED) is 0.413. The Hall–Kier alpha value is -0.440. The Labute approximate surface area is 77.8 Å². The molecule has 0 bridgehead atoms. The van der Waals surface area contributed by atoms with Gasteiger partial charge < -0.3 is 0 Å². The standard InChI is InChI=1S/C12H21/c1-3-5-7-9-11-12-10-8-6-4-2/h1,3-10H2,2H3. The minimum absolute atomic E-state index is 1.05. The van der Waals surface area contributed by atoms with Crippen molar-refractivity contribution in [3.63, 3.8) is 0 Å². The van der Waals surface area contributed by atoms with Gasteiger partial charge in [-0.15, -0.1) is 11.8 Å². The van der Waals surface area contributed by atoms with Crippen molar-refractivity contribution in [1.82, 2.24) is 0 Å². The zero-order valence-corrected chi connectivity index (χ0v) is 8.36. The molecule has 0 rings (SSSR count). The highest BCUT2D eigenvalue weighted by Gasteiger charge is 1.82. The number of hydrogen-bond donors (Lipinski definition) is 0. The van der Waals surface area contributed by atoms with Gasteiger partial charge in [0.1, 0.15) is 0 Å². The number of hydrogen-bond acceptors (Lipinski definition) is 0. The third-order valence-electron chi connectivity index (χ3n) is 1.83. The second-order valence-electron chi connectivity index (χ2n) is 3.12. The Morgan fingerprint density at radius 3 is 2.00 bits per heavy atom. The van der Waals surface area contributed by atoms with Crippen molar-refractivity contribution < 1.29 is 0 Å². The first-order chi connectivity index (χ1) is 5.91. The first kappa shape index (κ1) is 11.6. The van der Waals surface area contributed by atoms with E-state index in [4.69, 9.17) is 0 Å². The average Bonchev–Trinajstić information content (AvgIpc) is 2.10. The number of unbranched alkanes of at least 4 members (excludes halogenated alkanes) is 6. The van der Waals surface area contributed by atoms with E-state index in [0.29, 0.717) is 0 Å². The van der Waals surface area contributed by atoms with E-state index in [-0.39, 0.29) is 0 Å². The predicted molar refractivity (Wildman–Crippen MR) is 55.7 cm³/mol. The van der Waals surface area contributed by atoms with Crippen molar-refractivity contribution in [1.29, 1.82) is 0 Å². The maximum Gasteiger partial charge on any atom is 0.00886 e. The molecule has 0 saturated carbocycles. The SMILES string of the molecule is [CH2]CCCCC#CCCCCC. The van der Waals surface area contributed by atoms with Gasteiger partial charge >= 0.3 is 0 Å². The van der Waals surface area contributed by atoms with Crippen LogP contribution in [0.4, 0.5) is 0 Å². The van der Waals surface area contributed by atoms with Crippen LogP contribution in [0, 0.1) is 18.8 Å². The van der Waals surface area contributed by atoms with Crippen LogP contribution in [0.2, 0.25) is 0 Å². The lowest BCUT2D eigenvalue weighted by Gasteiger charge is -1.90. The van der Waals surface area contributed by atoms with Gasteiger partial charge in [-0.25, -0.2) is 0 Å². The second-order valence-corrected chi connectivity index (χ2v) is 3.12. The monoisotopic (exact) mass is 165 g/mol. The highest BCUT2D eigenvalue weighted by Crippen LogP contribution is 1.99. The minimum Gasteiger partial charge on any atom is -0.103 e. The molecule has 0 saturated heterocycles. The molecule has 0 N–H and O–H groups in total. The molecule has 0 aliphatic carbocycles. The van der Waals surface area contributed by atoms with Gasteiger partial charge in [-0.3, -0.25) is 0 Å². The first-order valence-corrected chi connectivity index (χ1v) is 5.16. The molecule has 0 aliphatic rings. The number of rotatable bonds is 6. The van der Waals surface area contributed by atoms with Gasteiger partial charge in [0.05, 0.1) is 0 Å². The lowest BCUT2D eigenvalue weighted by molar-refractivity contribution is 0.735. The van der Waals surface area contributed by atoms with Crippen molar-refractivity contribution in [2.24, 2.45) is 0 Å². The highest BCUT2D eigenvalue weighted by molar-refractivity contribution is 4.98. The molecular formula is C12H21. The van der Waals surface area contributed by atoms with Crippen LogP contribution >= 0.6 is 0 Å². The molecule has 69 valence electrons. The summed E-state index contributed by atoms with van der Waals surface area (Å²) in [6, 6.07) is 0. The van der Waals surface area contributed by atoms with E-state index in [1.165, 1.54) is 32.1 Å². The van der Waals surface area contributed by atoms with Crippen LogP contribution in [0.1, 0.15) is 58.3 Å². The molecule has 0 nitrogen and oxygen atoms in total. The third kappa shape index (κ3) is 9.56. The smallest absolute Gasteiger partial charge is 0.00886 e. The highest BCUT2D eigenvalue weighted by atomic mass is 13.9. The van der Waals surface area contributed by atoms with Crippen molar-refractivity contribution >= 4 is 0 Å². The minimum atomic E-state index is 1.05. The van der Waals surface area contributed by atoms with Crippen LogP contribution < -0.4 is 0 Å². The van der Waals surface area contributed by atoms with Crippen LogP contribution in [-0.2, 0) is 0 Å². The van der Waals surface area contributed by atoms with Crippen LogP contribution in [0.3, 0.4) is 0 Å². The molecule has 0 amide bonds. The van der Waals surface area contributed by atoms with Crippen LogP contribution in [-0.4, -0.2) is 0 Å². The molecule has 0 unspecified atom stereocenters. The van der Waals surface area contributed by atoms with Gasteiger partial charge in [0.25, 0.3) is 0 Å². The average molecular weight is 165 g/mol. The lowest BCUT2D eigenvalue weighted by atomic mass is 10.2. The van der Waals surface area contributed by atoms with Gasteiger partial charge in [-0.1, -0.05) is 39.5 Å². The Morgan fingerprint density at radius 2 is 1.50 bits per heavy atom. The summed E-state index contributed by atoms with van der Waals surface area (Å²) in [7, 11) is 0. The Morgan fingerprint density at radius 1 is 0.917 bits per heavy atom. The molecule has 0 spiro atoms.